The van der Waals surface area contributed by atoms with Gasteiger partial charge in [-0.25, -0.2) is 0 Å². The minimum absolute atomic E-state index is 0.228. The normalized spacial score (nSPS) is 13.5. The number of amides is 1. The van der Waals surface area contributed by atoms with Crippen molar-refractivity contribution in [3.05, 3.63) is 57.6 Å². The van der Waals surface area contributed by atoms with Gasteiger partial charge in [-0.1, -0.05) is 18.2 Å². The van der Waals surface area contributed by atoms with Crippen LogP contribution in [0.3, 0.4) is 0 Å². The number of aromatic nitrogens is 2. The molecule has 7 nitrogen and oxygen atoms in total. The Morgan fingerprint density at radius 2 is 2.32 bits per heavy atom. The highest BCUT2D eigenvalue weighted by atomic mass is 16.5. The van der Waals surface area contributed by atoms with Crippen molar-refractivity contribution in [2.75, 3.05) is 0 Å². The third-order valence-corrected chi connectivity index (χ3v) is 3.65. The van der Waals surface area contributed by atoms with Gasteiger partial charge < -0.3 is 4.74 Å². The molecule has 0 spiro atoms. The number of aryl methyl sites for hydroxylation is 1. The number of azide groups is 1. The number of benzene rings is 1. The van der Waals surface area contributed by atoms with Crippen LogP contribution in [0.1, 0.15) is 40.2 Å². The predicted molar refractivity (Wildman–Crippen MR) is 79.4 cm³/mol. The molecule has 1 aromatic carbocycles. The van der Waals surface area contributed by atoms with Crippen molar-refractivity contribution >= 4 is 5.91 Å². The Labute approximate surface area is 127 Å². The van der Waals surface area contributed by atoms with Crippen molar-refractivity contribution in [2.24, 2.45) is 12.2 Å². The molecular weight excluding hydrogens is 282 g/mol. The van der Waals surface area contributed by atoms with E-state index in [4.69, 9.17) is 10.3 Å². The second-order valence-corrected chi connectivity index (χ2v) is 5.26. The van der Waals surface area contributed by atoms with Crippen molar-refractivity contribution < 1.29 is 9.53 Å². The molecule has 0 saturated heterocycles. The molecular formula is C15H15N5O2. The molecule has 0 unspecified atom stereocenters. The quantitative estimate of drug-likeness (QED) is 0.481. The monoisotopic (exact) mass is 297 g/mol. The van der Waals surface area contributed by atoms with Crippen LogP contribution in [0, 0.1) is 0 Å². The van der Waals surface area contributed by atoms with Crippen LogP contribution in [0.4, 0.5) is 0 Å². The molecule has 0 radical (unpaired) electrons. The maximum absolute atomic E-state index is 12.0. The summed E-state index contributed by atoms with van der Waals surface area (Å²) in [4.78, 5) is 14.6. The van der Waals surface area contributed by atoms with Gasteiger partial charge in [0.05, 0.1) is 0 Å². The number of carbonyl (C=O) groups is 1. The van der Waals surface area contributed by atoms with Gasteiger partial charge in [0, 0.05) is 35.3 Å². The van der Waals surface area contributed by atoms with Crippen LogP contribution < -0.4 is 4.74 Å². The molecule has 0 aliphatic heterocycles. The average molecular weight is 297 g/mol. The van der Waals surface area contributed by atoms with E-state index in [1.54, 1.807) is 23.0 Å². The number of nitrogens with zero attached hydrogens (tertiary/aromatic N) is 5. The van der Waals surface area contributed by atoms with E-state index in [9.17, 15) is 4.79 Å². The lowest BCUT2D eigenvalue weighted by atomic mass is 9.98. The largest absolute Gasteiger partial charge is 0.472 e. The van der Waals surface area contributed by atoms with Crippen molar-refractivity contribution in [1.29, 1.82) is 0 Å². The summed E-state index contributed by atoms with van der Waals surface area (Å²) < 4.78 is 7.33. The highest BCUT2D eigenvalue weighted by Gasteiger charge is 2.28. The predicted octanol–water partition coefficient (Wildman–Crippen LogP) is 3.33. The zero-order chi connectivity index (χ0) is 15.5. The molecule has 3 rings (SSSR count). The fourth-order valence-corrected chi connectivity index (χ4v) is 2.45. The lowest BCUT2D eigenvalue weighted by molar-refractivity contribution is 0.0997. The Kier molecular flexibility index (Phi) is 3.80. The summed E-state index contributed by atoms with van der Waals surface area (Å²) >= 11 is 0. The van der Waals surface area contributed by atoms with Crippen LogP contribution in [0.2, 0.25) is 0 Å². The first-order valence-corrected chi connectivity index (χ1v) is 7.02. The molecule has 0 bridgehead atoms. The van der Waals surface area contributed by atoms with Gasteiger partial charge in [-0.2, -0.15) is 0 Å². The van der Waals surface area contributed by atoms with Crippen LogP contribution in [0.15, 0.2) is 35.6 Å². The molecule has 1 fully saturated rings. The minimum Gasteiger partial charge on any atom is -0.472 e. The molecule has 112 valence electrons. The van der Waals surface area contributed by atoms with Gasteiger partial charge in [0.15, 0.2) is 0 Å². The molecule has 1 heterocycles. The summed E-state index contributed by atoms with van der Waals surface area (Å²) in [5.41, 5.74) is 10.8. The van der Waals surface area contributed by atoms with Crippen molar-refractivity contribution in [2.45, 2.75) is 25.4 Å². The lowest BCUT2D eigenvalue weighted by Crippen LogP contribution is -2.08. The van der Waals surface area contributed by atoms with E-state index in [0.717, 1.165) is 24.0 Å². The van der Waals surface area contributed by atoms with E-state index in [-0.39, 0.29) is 6.61 Å². The number of ether oxygens (including phenoxy) is 1. The van der Waals surface area contributed by atoms with Crippen molar-refractivity contribution in [1.82, 2.24) is 9.78 Å². The van der Waals surface area contributed by atoms with E-state index in [1.165, 1.54) is 0 Å². The second kappa shape index (κ2) is 5.91. The number of hydrogen-bond acceptors (Lipinski definition) is 3. The summed E-state index contributed by atoms with van der Waals surface area (Å²) in [6.45, 7) is 0.228. The maximum Gasteiger partial charge on any atom is 0.249 e. The van der Waals surface area contributed by atoms with Gasteiger partial charge in [0.1, 0.15) is 6.61 Å². The van der Waals surface area contributed by atoms with Crippen molar-refractivity contribution in [3.8, 4) is 5.88 Å². The number of carbonyl (C=O) groups excluding carboxylic acids is 1. The first kappa shape index (κ1) is 14.2. The smallest absolute Gasteiger partial charge is 0.249 e. The molecule has 1 saturated carbocycles. The Hall–Kier alpha value is -2.79. The van der Waals surface area contributed by atoms with Crippen LogP contribution in [-0.4, -0.2) is 15.7 Å². The summed E-state index contributed by atoms with van der Waals surface area (Å²) in [6, 6.07) is 7.24. The SMILES string of the molecule is Cn1ccc(OCc2c(C(=O)N=[N+]=[N-])cccc2C2CC2)n1. The fraction of sp³-hybridized carbons (Fsp3) is 0.333. The summed E-state index contributed by atoms with van der Waals surface area (Å²) in [7, 11) is 1.81. The molecule has 0 N–H and O–H groups in total. The molecule has 1 aliphatic carbocycles. The highest BCUT2D eigenvalue weighted by molar-refractivity contribution is 5.96. The van der Waals surface area contributed by atoms with Gasteiger partial charge in [-0.05, 0) is 35.0 Å². The molecule has 1 aliphatic rings. The Morgan fingerprint density at radius 3 is 2.95 bits per heavy atom. The fourth-order valence-electron chi connectivity index (χ4n) is 2.45. The van der Waals surface area contributed by atoms with Crippen LogP contribution in [0.5, 0.6) is 5.88 Å². The zero-order valence-electron chi connectivity index (χ0n) is 12.1. The molecule has 1 aromatic heterocycles. The highest BCUT2D eigenvalue weighted by Crippen LogP contribution is 2.42. The Balaban J connectivity index is 1.91. The first-order chi connectivity index (χ1) is 10.7. The third-order valence-electron chi connectivity index (χ3n) is 3.65. The van der Waals surface area contributed by atoms with Crippen LogP contribution in [0.25, 0.3) is 10.4 Å². The third kappa shape index (κ3) is 2.94. The Bertz CT molecular complexity index is 757. The van der Waals surface area contributed by atoms with Gasteiger partial charge in [-0.3, -0.25) is 9.48 Å². The Morgan fingerprint density at radius 1 is 1.50 bits per heavy atom. The maximum atomic E-state index is 12.0. The van der Waals surface area contributed by atoms with Gasteiger partial charge in [-0.15, -0.1) is 5.10 Å². The van der Waals surface area contributed by atoms with Crippen molar-refractivity contribution in [3.63, 3.8) is 0 Å². The summed E-state index contributed by atoms with van der Waals surface area (Å²) in [5, 5.41) is 7.36. The first-order valence-electron chi connectivity index (χ1n) is 7.02. The molecule has 1 amide bonds. The standard InChI is InChI=1S/C15H15N5O2/c1-20-8-7-14(18-20)22-9-13-11(10-5-6-10)3-2-4-12(13)15(21)17-19-16/h2-4,7-8,10H,5-6,9H2,1H3. The van der Waals surface area contributed by atoms with Gasteiger partial charge in [0.25, 0.3) is 0 Å². The average Bonchev–Trinajstić information content (AvgIpc) is 3.27. The number of rotatable bonds is 5. The molecule has 0 atom stereocenters. The van der Waals surface area contributed by atoms with E-state index < -0.39 is 5.91 Å². The topological polar surface area (TPSA) is 92.9 Å². The van der Waals surface area contributed by atoms with E-state index >= 15 is 0 Å². The van der Waals surface area contributed by atoms with E-state index in [1.807, 2.05) is 19.2 Å². The van der Waals surface area contributed by atoms with Gasteiger partial charge in [0.2, 0.25) is 11.8 Å². The molecule has 7 heteroatoms. The second-order valence-electron chi connectivity index (χ2n) is 5.26. The summed E-state index contributed by atoms with van der Waals surface area (Å²) in [5.74, 6) is 0.376. The molecule has 2 aromatic rings. The zero-order valence-corrected chi connectivity index (χ0v) is 12.1. The number of hydrogen-bond donors (Lipinski definition) is 0. The minimum atomic E-state index is -0.579. The molecule has 22 heavy (non-hydrogen) atoms. The van der Waals surface area contributed by atoms with E-state index in [2.05, 4.69) is 15.1 Å². The lowest BCUT2D eigenvalue weighted by Gasteiger charge is -2.13. The van der Waals surface area contributed by atoms with Crippen LogP contribution >= 0.6 is 0 Å². The van der Waals surface area contributed by atoms with E-state index in [0.29, 0.717) is 17.4 Å². The van der Waals surface area contributed by atoms with Crippen LogP contribution in [-0.2, 0) is 13.7 Å². The summed E-state index contributed by atoms with van der Waals surface area (Å²) in [6.07, 6.45) is 4.00. The van der Waals surface area contributed by atoms with Gasteiger partial charge >= 0.3 is 0 Å².